The Morgan fingerprint density at radius 3 is 2.43 bits per heavy atom. The molecule has 0 saturated heterocycles. The number of ether oxygens (including phenoxy) is 1. The third-order valence-electron chi connectivity index (χ3n) is 3.65. The van der Waals surface area contributed by atoms with E-state index in [9.17, 15) is 0 Å². The zero-order valence-corrected chi connectivity index (χ0v) is 13.5. The molecule has 3 heteroatoms. The van der Waals surface area contributed by atoms with Crippen LogP contribution in [0.5, 0.6) is 11.5 Å². The van der Waals surface area contributed by atoms with Gasteiger partial charge < -0.3 is 10.1 Å². The Labute approximate surface area is 127 Å². The summed E-state index contributed by atoms with van der Waals surface area (Å²) < 4.78 is 6.04. The third kappa shape index (κ3) is 3.82. The van der Waals surface area contributed by atoms with E-state index in [0.29, 0.717) is 5.92 Å². The fraction of sp³-hybridized carbons (Fsp3) is 0.389. The molecule has 21 heavy (non-hydrogen) atoms. The Kier molecular flexibility index (Phi) is 4.97. The van der Waals surface area contributed by atoms with Crippen LogP contribution in [0.4, 0.5) is 0 Å². The molecule has 0 fully saturated rings. The largest absolute Gasteiger partial charge is 0.455 e. The molecule has 0 aliphatic heterocycles. The second-order valence-corrected chi connectivity index (χ2v) is 5.73. The zero-order chi connectivity index (χ0) is 15.4. The summed E-state index contributed by atoms with van der Waals surface area (Å²) in [5.41, 5.74) is 3.43. The van der Waals surface area contributed by atoms with Crippen LogP contribution in [0.3, 0.4) is 0 Å². The van der Waals surface area contributed by atoms with Crippen molar-refractivity contribution in [1.82, 2.24) is 10.3 Å². The molecule has 0 radical (unpaired) electrons. The van der Waals surface area contributed by atoms with E-state index in [1.807, 2.05) is 19.2 Å². The fourth-order valence-electron chi connectivity index (χ4n) is 2.19. The molecule has 1 N–H and O–H groups in total. The lowest BCUT2D eigenvalue weighted by Crippen LogP contribution is -2.13. The Morgan fingerprint density at radius 1 is 1.10 bits per heavy atom. The molecular formula is C18H24N2O. The summed E-state index contributed by atoms with van der Waals surface area (Å²) in [5, 5.41) is 3.18. The van der Waals surface area contributed by atoms with E-state index < -0.39 is 0 Å². The molecule has 1 heterocycles. The summed E-state index contributed by atoms with van der Waals surface area (Å²) in [6, 6.07) is 10.6. The highest BCUT2D eigenvalue weighted by atomic mass is 16.5. The lowest BCUT2D eigenvalue weighted by molar-refractivity contribution is 0.469. The van der Waals surface area contributed by atoms with E-state index in [1.165, 1.54) is 11.1 Å². The fourth-order valence-corrected chi connectivity index (χ4v) is 2.19. The number of benzene rings is 1. The Hall–Kier alpha value is -1.87. The summed E-state index contributed by atoms with van der Waals surface area (Å²) in [7, 11) is 1.93. The molecule has 2 aromatic rings. The van der Waals surface area contributed by atoms with Crippen LogP contribution in [-0.2, 0) is 0 Å². The number of aromatic nitrogens is 1. The molecular weight excluding hydrogens is 260 g/mol. The highest BCUT2D eigenvalue weighted by molar-refractivity contribution is 5.41. The molecule has 0 saturated carbocycles. The van der Waals surface area contributed by atoms with Crippen molar-refractivity contribution in [2.45, 2.75) is 39.7 Å². The quantitative estimate of drug-likeness (QED) is 0.872. The van der Waals surface area contributed by atoms with Gasteiger partial charge in [0.25, 0.3) is 0 Å². The SMILES string of the molecule is CNC(C)c1ccc(Oc2cc(C)ccc2C(C)C)cn1. The van der Waals surface area contributed by atoms with Crippen LogP contribution in [0, 0.1) is 6.92 Å². The van der Waals surface area contributed by atoms with Crippen molar-refractivity contribution in [2.75, 3.05) is 7.05 Å². The van der Waals surface area contributed by atoms with Gasteiger partial charge in [-0.1, -0.05) is 26.0 Å². The predicted molar refractivity (Wildman–Crippen MR) is 87.1 cm³/mol. The molecule has 3 nitrogen and oxygen atoms in total. The van der Waals surface area contributed by atoms with Crippen LogP contribution in [0.25, 0.3) is 0 Å². The summed E-state index contributed by atoms with van der Waals surface area (Å²) in [4.78, 5) is 4.46. The third-order valence-corrected chi connectivity index (χ3v) is 3.65. The first-order valence-corrected chi connectivity index (χ1v) is 7.43. The van der Waals surface area contributed by atoms with Gasteiger partial charge in [0.15, 0.2) is 0 Å². The molecule has 112 valence electrons. The predicted octanol–water partition coefficient (Wildman–Crippen LogP) is 4.59. The molecule has 0 spiro atoms. The minimum absolute atomic E-state index is 0.240. The molecule has 1 aromatic carbocycles. The number of pyridine rings is 1. The zero-order valence-electron chi connectivity index (χ0n) is 13.5. The monoisotopic (exact) mass is 284 g/mol. The van der Waals surface area contributed by atoms with Crippen molar-refractivity contribution in [3.8, 4) is 11.5 Å². The molecule has 2 rings (SSSR count). The van der Waals surface area contributed by atoms with Gasteiger partial charge in [-0.3, -0.25) is 4.98 Å². The molecule has 0 aliphatic carbocycles. The summed E-state index contributed by atoms with van der Waals surface area (Å²) in [5.74, 6) is 2.12. The van der Waals surface area contributed by atoms with Crippen LogP contribution in [0.15, 0.2) is 36.5 Å². The van der Waals surface area contributed by atoms with Crippen molar-refractivity contribution in [3.05, 3.63) is 53.3 Å². The minimum atomic E-state index is 0.240. The lowest BCUT2D eigenvalue weighted by atomic mass is 10.0. The highest BCUT2D eigenvalue weighted by Crippen LogP contribution is 2.31. The van der Waals surface area contributed by atoms with Gasteiger partial charge in [-0.05, 0) is 56.1 Å². The summed E-state index contributed by atoms with van der Waals surface area (Å²) in [6.07, 6.45) is 1.79. The number of nitrogens with zero attached hydrogens (tertiary/aromatic N) is 1. The van der Waals surface area contributed by atoms with Crippen LogP contribution in [0.1, 0.15) is 49.6 Å². The van der Waals surface area contributed by atoms with E-state index in [0.717, 1.165) is 17.2 Å². The smallest absolute Gasteiger partial charge is 0.145 e. The van der Waals surface area contributed by atoms with Crippen molar-refractivity contribution >= 4 is 0 Å². The van der Waals surface area contributed by atoms with E-state index in [4.69, 9.17) is 4.74 Å². The Morgan fingerprint density at radius 2 is 1.86 bits per heavy atom. The van der Waals surface area contributed by atoms with E-state index in [-0.39, 0.29) is 6.04 Å². The van der Waals surface area contributed by atoms with Crippen molar-refractivity contribution < 1.29 is 4.74 Å². The van der Waals surface area contributed by atoms with Gasteiger partial charge in [0.05, 0.1) is 11.9 Å². The molecule has 1 aromatic heterocycles. The maximum atomic E-state index is 6.04. The first-order chi connectivity index (χ1) is 10.0. The van der Waals surface area contributed by atoms with Crippen LogP contribution < -0.4 is 10.1 Å². The number of hydrogen-bond donors (Lipinski definition) is 1. The number of aryl methyl sites for hydroxylation is 1. The second-order valence-electron chi connectivity index (χ2n) is 5.73. The normalized spacial score (nSPS) is 12.5. The van der Waals surface area contributed by atoms with Crippen molar-refractivity contribution in [1.29, 1.82) is 0 Å². The van der Waals surface area contributed by atoms with Gasteiger partial charge in [0.1, 0.15) is 11.5 Å². The van der Waals surface area contributed by atoms with Crippen molar-refractivity contribution in [2.24, 2.45) is 0 Å². The van der Waals surface area contributed by atoms with Crippen molar-refractivity contribution in [3.63, 3.8) is 0 Å². The Balaban J connectivity index is 2.24. The van der Waals surface area contributed by atoms with Gasteiger partial charge in [-0.2, -0.15) is 0 Å². The first kappa shape index (κ1) is 15.5. The number of nitrogens with one attached hydrogen (secondary N) is 1. The molecule has 1 atom stereocenters. The topological polar surface area (TPSA) is 34.1 Å². The summed E-state index contributed by atoms with van der Waals surface area (Å²) in [6.45, 7) is 8.51. The molecule has 1 unspecified atom stereocenters. The van der Waals surface area contributed by atoms with Crippen LogP contribution in [-0.4, -0.2) is 12.0 Å². The maximum Gasteiger partial charge on any atom is 0.145 e. The second kappa shape index (κ2) is 6.72. The van der Waals surface area contributed by atoms with Gasteiger partial charge >= 0.3 is 0 Å². The van der Waals surface area contributed by atoms with Gasteiger partial charge in [0, 0.05) is 6.04 Å². The van der Waals surface area contributed by atoms with E-state index in [1.54, 1.807) is 6.20 Å². The minimum Gasteiger partial charge on any atom is -0.455 e. The average Bonchev–Trinajstić information content (AvgIpc) is 2.47. The lowest BCUT2D eigenvalue weighted by Gasteiger charge is -2.15. The number of hydrogen-bond acceptors (Lipinski definition) is 3. The van der Waals surface area contributed by atoms with Gasteiger partial charge in [0.2, 0.25) is 0 Å². The van der Waals surface area contributed by atoms with Gasteiger partial charge in [-0.15, -0.1) is 0 Å². The molecule has 0 amide bonds. The Bertz CT molecular complexity index is 591. The molecule has 0 aliphatic rings. The van der Waals surface area contributed by atoms with E-state index >= 15 is 0 Å². The maximum absolute atomic E-state index is 6.04. The van der Waals surface area contributed by atoms with Gasteiger partial charge in [-0.25, -0.2) is 0 Å². The van der Waals surface area contributed by atoms with Crippen LogP contribution >= 0.6 is 0 Å². The number of rotatable bonds is 5. The first-order valence-electron chi connectivity index (χ1n) is 7.43. The molecule has 0 bridgehead atoms. The van der Waals surface area contributed by atoms with Crippen LogP contribution in [0.2, 0.25) is 0 Å². The van der Waals surface area contributed by atoms with E-state index in [2.05, 4.69) is 56.2 Å². The average molecular weight is 284 g/mol. The highest BCUT2D eigenvalue weighted by Gasteiger charge is 2.10. The standard InChI is InChI=1S/C18H24N2O/c1-12(2)16-8-6-13(3)10-18(16)21-15-7-9-17(20-11-15)14(4)19-5/h6-12,14,19H,1-5H3. The summed E-state index contributed by atoms with van der Waals surface area (Å²) >= 11 is 0.